The second-order valence-electron chi connectivity index (χ2n) is 8.40. The highest BCUT2D eigenvalue weighted by Gasteiger charge is 2.37. The van der Waals surface area contributed by atoms with E-state index in [1.807, 2.05) is 12.1 Å². The Bertz CT molecular complexity index is 1250. The van der Waals surface area contributed by atoms with Gasteiger partial charge in [0, 0.05) is 23.9 Å². The van der Waals surface area contributed by atoms with Crippen LogP contribution in [0.15, 0.2) is 76.2 Å². The number of rotatable bonds is 8. The van der Waals surface area contributed by atoms with Gasteiger partial charge in [0.1, 0.15) is 5.76 Å². The zero-order valence-electron chi connectivity index (χ0n) is 18.6. The van der Waals surface area contributed by atoms with Gasteiger partial charge in [0.05, 0.1) is 17.7 Å². The summed E-state index contributed by atoms with van der Waals surface area (Å²) in [5.41, 5.74) is 2.10. The molecular weight excluding hydrogens is 454 g/mol. The molecular formula is C25H27N3O5S. The molecule has 1 aromatic heterocycles. The highest BCUT2D eigenvalue weighted by molar-refractivity contribution is 7.89. The van der Waals surface area contributed by atoms with E-state index in [2.05, 4.69) is 10.6 Å². The van der Waals surface area contributed by atoms with Crippen molar-refractivity contribution in [1.82, 2.24) is 10.6 Å². The number of sulfonamides is 1. The summed E-state index contributed by atoms with van der Waals surface area (Å²) < 4.78 is 29.0. The maximum atomic E-state index is 12.8. The molecule has 0 radical (unpaired) electrons. The van der Waals surface area contributed by atoms with E-state index in [-0.39, 0.29) is 28.5 Å². The maximum Gasteiger partial charge on any atom is 0.238 e. The van der Waals surface area contributed by atoms with Crippen molar-refractivity contribution in [1.29, 1.82) is 0 Å². The summed E-state index contributed by atoms with van der Waals surface area (Å²) in [5, 5.41) is 11.1. The van der Waals surface area contributed by atoms with Crippen molar-refractivity contribution in [3.8, 4) is 11.1 Å². The Morgan fingerprint density at radius 2 is 1.53 bits per heavy atom. The number of carbonyl (C=O) groups excluding carboxylic acids is 2. The van der Waals surface area contributed by atoms with Gasteiger partial charge >= 0.3 is 0 Å². The van der Waals surface area contributed by atoms with Crippen LogP contribution in [0.5, 0.6) is 0 Å². The largest absolute Gasteiger partial charge is 0.467 e. The molecule has 2 aromatic carbocycles. The molecule has 178 valence electrons. The van der Waals surface area contributed by atoms with Crippen LogP contribution in [0, 0.1) is 11.8 Å². The van der Waals surface area contributed by atoms with E-state index in [0.29, 0.717) is 42.8 Å². The van der Waals surface area contributed by atoms with E-state index in [1.165, 1.54) is 6.07 Å². The lowest BCUT2D eigenvalue weighted by atomic mass is 9.94. The predicted molar refractivity (Wildman–Crippen MR) is 126 cm³/mol. The van der Waals surface area contributed by atoms with Crippen LogP contribution in [-0.2, 0) is 32.7 Å². The minimum atomic E-state index is -3.85. The Kier molecular flexibility index (Phi) is 7.14. The number of hydrogen-bond acceptors (Lipinski definition) is 5. The minimum absolute atomic E-state index is 0.0636. The van der Waals surface area contributed by atoms with Crippen LogP contribution in [0.4, 0.5) is 0 Å². The molecule has 8 nitrogen and oxygen atoms in total. The van der Waals surface area contributed by atoms with Crippen LogP contribution in [0.3, 0.4) is 0 Å². The van der Waals surface area contributed by atoms with Gasteiger partial charge in [-0.3, -0.25) is 9.59 Å². The normalized spacial score (nSPS) is 17.9. The third-order valence-electron chi connectivity index (χ3n) is 6.13. The number of primary sulfonamides is 1. The second-order valence-corrected chi connectivity index (χ2v) is 9.93. The molecule has 1 aliphatic carbocycles. The highest BCUT2D eigenvalue weighted by Crippen LogP contribution is 2.32. The van der Waals surface area contributed by atoms with Crippen molar-refractivity contribution in [3.63, 3.8) is 0 Å². The van der Waals surface area contributed by atoms with E-state index >= 15 is 0 Å². The van der Waals surface area contributed by atoms with Gasteiger partial charge in [0.15, 0.2) is 0 Å². The van der Waals surface area contributed by atoms with Gasteiger partial charge in [-0.1, -0.05) is 48.9 Å². The first kappa shape index (κ1) is 23.7. The van der Waals surface area contributed by atoms with Crippen LogP contribution in [-0.4, -0.2) is 20.2 Å². The molecule has 1 fully saturated rings. The van der Waals surface area contributed by atoms with Gasteiger partial charge < -0.3 is 15.1 Å². The summed E-state index contributed by atoms with van der Waals surface area (Å²) in [6, 6.07) is 17.4. The maximum absolute atomic E-state index is 12.8. The zero-order chi connectivity index (χ0) is 24.1. The van der Waals surface area contributed by atoms with Crippen LogP contribution < -0.4 is 15.8 Å². The molecule has 1 heterocycles. The Morgan fingerprint density at radius 3 is 2.15 bits per heavy atom. The average Bonchev–Trinajstić information content (AvgIpc) is 3.53. The van der Waals surface area contributed by atoms with E-state index in [9.17, 15) is 18.0 Å². The second kappa shape index (κ2) is 10.2. The smallest absolute Gasteiger partial charge is 0.238 e. The molecule has 0 aliphatic heterocycles. The fraction of sp³-hybridized carbons (Fsp3) is 0.280. The molecule has 1 saturated carbocycles. The molecule has 0 bridgehead atoms. The molecule has 0 saturated heterocycles. The number of amides is 2. The van der Waals surface area contributed by atoms with Gasteiger partial charge in [0.25, 0.3) is 0 Å². The third kappa shape index (κ3) is 5.55. The first-order valence-electron chi connectivity index (χ1n) is 11.1. The first-order valence-corrected chi connectivity index (χ1v) is 12.7. The van der Waals surface area contributed by atoms with Crippen LogP contribution in [0.2, 0.25) is 0 Å². The van der Waals surface area contributed by atoms with Crippen molar-refractivity contribution in [2.45, 2.75) is 37.2 Å². The van der Waals surface area contributed by atoms with Crippen molar-refractivity contribution in [3.05, 3.63) is 78.3 Å². The minimum Gasteiger partial charge on any atom is -0.467 e. The van der Waals surface area contributed by atoms with E-state index < -0.39 is 10.0 Å². The van der Waals surface area contributed by atoms with Gasteiger partial charge in [-0.15, -0.1) is 0 Å². The molecule has 0 unspecified atom stereocenters. The summed E-state index contributed by atoms with van der Waals surface area (Å²) in [5.74, 6) is -0.321. The number of benzene rings is 2. The molecule has 3 aromatic rings. The van der Waals surface area contributed by atoms with Crippen LogP contribution in [0.25, 0.3) is 11.1 Å². The molecule has 4 N–H and O–H groups in total. The van der Waals surface area contributed by atoms with Crippen molar-refractivity contribution in [2.24, 2.45) is 17.0 Å². The predicted octanol–water partition coefficient (Wildman–Crippen LogP) is 2.94. The fourth-order valence-corrected chi connectivity index (χ4v) is 5.14. The zero-order valence-corrected chi connectivity index (χ0v) is 19.4. The topological polar surface area (TPSA) is 132 Å². The summed E-state index contributed by atoms with van der Waals surface area (Å²) in [7, 11) is -3.85. The number of nitrogens with one attached hydrogen (secondary N) is 2. The summed E-state index contributed by atoms with van der Waals surface area (Å²) in [6.07, 6.45) is 3.74. The lowest BCUT2D eigenvalue weighted by Gasteiger charge is -2.18. The summed E-state index contributed by atoms with van der Waals surface area (Å²) >= 11 is 0. The van der Waals surface area contributed by atoms with E-state index in [1.54, 1.807) is 48.7 Å². The van der Waals surface area contributed by atoms with Crippen molar-refractivity contribution >= 4 is 21.8 Å². The molecule has 9 heteroatoms. The first-order chi connectivity index (χ1) is 16.3. The standard InChI is InChI=1S/C25H27N3O5S/c26-34(31,32)23-9-2-1-6-20(23)18-12-10-17(11-13-18)15-27-24(29)21-7-3-8-22(21)25(30)28-16-19-5-4-14-33-19/h1-2,4-6,9-14,21-22H,3,7-8,15-16H2,(H,27,29)(H,28,30)(H2,26,31,32)/t21-,22-/m1/s1. The Labute approximate surface area is 198 Å². The van der Waals surface area contributed by atoms with Crippen molar-refractivity contribution < 1.29 is 22.4 Å². The van der Waals surface area contributed by atoms with Gasteiger partial charge in [0.2, 0.25) is 21.8 Å². The molecule has 0 spiro atoms. The molecule has 34 heavy (non-hydrogen) atoms. The van der Waals surface area contributed by atoms with E-state index in [4.69, 9.17) is 9.56 Å². The Balaban J connectivity index is 1.35. The Hall–Kier alpha value is -3.43. The number of hydrogen-bond donors (Lipinski definition) is 3. The lowest BCUT2D eigenvalue weighted by Crippen LogP contribution is -2.39. The quantitative estimate of drug-likeness (QED) is 0.455. The van der Waals surface area contributed by atoms with Crippen molar-refractivity contribution in [2.75, 3.05) is 0 Å². The van der Waals surface area contributed by atoms with Gasteiger partial charge in [-0.2, -0.15) is 0 Å². The monoisotopic (exact) mass is 481 g/mol. The third-order valence-corrected chi connectivity index (χ3v) is 7.10. The summed E-state index contributed by atoms with van der Waals surface area (Å²) in [4.78, 5) is 25.5. The van der Waals surface area contributed by atoms with E-state index in [0.717, 1.165) is 12.0 Å². The van der Waals surface area contributed by atoms with Crippen LogP contribution in [0.1, 0.15) is 30.6 Å². The van der Waals surface area contributed by atoms with Gasteiger partial charge in [-0.05, 0) is 42.2 Å². The van der Waals surface area contributed by atoms with Crippen LogP contribution >= 0.6 is 0 Å². The number of furan rings is 1. The number of nitrogens with two attached hydrogens (primary N) is 1. The molecule has 4 rings (SSSR count). The summed E-state index contributed by atoms with van der Waals surface area (Å²) in [6.45, 7) is 0.616. The molecule has 1 aliphatic rings. The fourth-order valence-electron chi connectivity index (χ4n) is 4.38. The lowest BCUT2D eigenvalue weighted by molar-refractivity contribution is -0.133. The molecule has 2 amide bonds. The molecule has 2 atom stereocenters. The average molecular weight is 482 g/mol. The highest BCUT2D eigenvalue weighted by atomic mass is 32.2. The SMILES string of the molecule is NS(=O)(=O)c1ccccc1-c1ccc(CNC(=O)[C@@H]2CCC[C@H]2C(=O)NCc2ccco2)cc1. The Morgan fingerprint density at radius 1 is 0.882 bits per heavy atom. The number of carbonyl (C=O) groups is 2. The van der Waals surface area contributed by atoms with Gasteiger partial charge in [-0.25, -0.2) is 13.6 Å².